The zero-order chi connectivity index (χ0) is 19.8. The normalized spacial score (nSPS) is 15.7. The molecule has 0 saturated heterocycles. The monoisotopic (exact) mass is 382 g/mol. The Hall–Kier alpha value is -3.93. The molecule has 0 radical (unpaired) electrons. The van der Waals surface area contributed by atoms with E-state index in [0.717, 1.165) is 16.7 Å². The van der Waals surface area contributed by atoms with Crippen molar-refractivity contribution in [3.8, 4) is 5.75 Å². The molecular formula is C23H18N4O2. The quantitative estimate of drug-likeness (QED) is 0.568. The molecule has 0 spiro atoms. The molecule has 1 aliphatic rings. The fourth-order valence-electron chi connectivity index (χ4n) is 3.64. The largest absolute Gasteiger partial charge is 0.495 e. The third-order valence-electron chi connectivity index (χ3n) is 5.02. The third-order valence-corrected chi connectivity index (χ3v) is 5.02. The van der Waals surface area contributed by atoms with E-state index in [1.54, 1.807) is 18.2 Å². The van der Waals surface area contributed by atoms with Crippen LogP contribution in [0.2, 0.25) is 0 Å². The molecule has 0 fully saturated rings. The van der Waals surface area contributed by atoms with E-state index >= 15 is 0 Å². The number of ether oxygens (including phenoxy) is 1. The number of nitrogens with one attached hydrogen (secondary N) is 1. The highest BCUT2D eigenvalue weighted by Gasteiger charge is 2.36. The van der Waals surface area contributed by atoms with E-state index in [0.29, 0.717) is 22.7 Å². The van der Waals surface area contributed by atoms with Crippen LogP contribution in [0.1, 0.15) is 22.2 Å². The molecule has 1 amide bonds. The number of rotatable bonds is 3. The molecule has 0 bridgehead atoms. The van der Waals surface area contributed by atoms with Crippen LogP contribution in [0, 0.1) is 0 Å². The van der Waals surface area contributed by atoms with Gasteiger partial charge in [0.25, 0.3) is 5.91 Å². The van der Waals surface area contributed by atoms with Crippen molar-refractivity contribution < 1.29 is 9.53 Å². The van der Waals surface area contributed by atoms with E-state index in [9.17, 15) is 4.79 Å². The first-order valence-electron chi connectivity index (χ1n) is 9.30. The van der Waals surface area contributed by atoms with Gasteiger partial charge >= 0.3 is 0 Å². The van der Waals surface area contributed by atoms with Crippen LogP contribution in [-0.2, 0) is 0 Å². The van der Waals surface area contributed by atoms with Gasteiger partial charge in [-0.3, -0.25) is 14.7 Å². The van der Waals surface area contributed by atoms with Gasteiger partial charge in [0.05, 0.1) is 35.6 Å². The number of aromatic nitrogens is 2. The van der Waals surface area contributed by atoms with Gasteiger partial charge in [0.15, 0.2) is 6.17 Å². The van der Waals surface area contributed by atoms with Gasteiger partial charge in [0.1, 0.15) is 11.4 Å². The predicted molar refractivity (Wildman–Crippen MR) is 112 cm³/mol. The van der Waals surface area contributed by atoms with Gasteiger partial charge in [0, 0.05) is 5.69 Å². The van der Waals surface area contributed by atoms with Crippen molar-refractivity contribution in [2.75, 3.05) is 17.3 Å². The van der Waals surface area contributed by atoms with E-state index in [1.807, 2.05) is 72.8 Å². The molecule has 0 saturated carbocycles. The molecule has 0 aliphatic carbocycles. The number of carbonyl (C=O) groups is 1. The van der Waals surface area contributed by atoms with Gasteiger partial charge in [-0.05, 0) is 36.4 Å². The minimum absolute atomic E-state index is 0.121. The Morgan fingerprint density at radius 2 is 1.66 bits per heavy atom. The first-order chi connectivity index (χ1) is 14.3. The third kappa shape index (κ3) is 2.86. The van der Waals surface area contributed by atoms with Crippen molar-refractivity contribution in [1.82, 2.24) is 9.97 Å². The van der Waals surface area contributed by atoms with Crippen molar-refractivity contribution in [2.45, 2.75) is 6.17 Å². The molecule has 4 aromatic rings. The molecule has 2 heterocycles. The highest BCUT2D eigenvalue weighted by Crippen LogP contribution is 2.39. The predicted octanol–water partition coefficient (Wildman–Crippen LogP) is 4.41. The number of para-hydroxylation sites is 5. The van der Waals surface area contributed by atoms with Gasteiger partial charge in [-0.1, -0.05) is 36.4 Å². The van der Waals surface area contributed by atoms with Crippen LogP contribution in [-0.4, -0.2) is 23.0 Å². The molecule has 3 aromatic carbocycles. The molecule has 1 atom stereocenters. The number of nitrogens with zero attached hydrogens (tertiary/aromatic N) is 3. The van der Waals surface area contributed by atoms with Gasteiger partial charge in [-0.2, -0.15) is 0 Å². The fourth-order valence-corrected chi connectivity index (χ4v) is 3.64. The van der Waals surface area contributed by atoms with Gasteiger partial charge < -0.3 is 10.1 Å². The highest BCUT2D eigenvalue weighted by atomic mass is 16.5. The lowest BCUT2D eigenvalue weighted by Gasteiger charge is -2.37. The van der Waals surface area contributed by atoms with Crippen molar-refractivity contribution >= 4 is 28.3 Å². The Labute approximate surface area is 167 Å². The summed E-state index contributed by atoms with van der Waals surface area (Å²) in [5.41, 5.74) is 4.27. The summed E-state index contributed by atoms with van der Waals surface area (Å²) >= 11 is 0. The van der Waals surface area contributed by atoms with Crippen LogP contribution in [0.4, 0.5) is 11.4 Å². The molecule has 29 heavy (non-hydrogen) atoms. The summed E-state index contributed by atoms with van der Waals surface area (Å²) in [6, 6.07) is 22.6. The molecule has 142 valence electrons. The summed E-state index contributed by atoms with van der Waals surface area (Å²) in [5.74, 6) is 0.490. The zero-order valence-corrected chi connectivity index (χ0v) is 15.7. The van der Waals surface area contributed by atoms with Crippen LogP contribution >= 0.6 is 0 Å². The van der Waals surface area contributed by atoms with Crippen LogP contribution in [0.25, 0.3) is 11.0 Å². The SMILES string of the molecule is COc1ccccc1N1C(=O)c2ccccc2N[C@H]1c1cnc2ccccc2n1. The van der Waals surface area contributed by atoms with E-state index in [2.05, 4.69) is 10.3 Å². The van der Waals surface area contributed by atoms with Crippen LogP contribution < -0.4 is 15.0 Å². The second-order valence-corrected chi connectivity index (χ2v) is 6.72. The average molecular weight is 382 g/mol. The maximum Gasteiger partial charge on any atom is 0.262 e. The summed E-state index contributed by atoms with van der Waals surface area (Å²) in [7, 11) is 1.60. The van der Waals surface area contributed by atoms with Gasteiger partial charge in [0.2, 0.25) is 0 Å². The standard InChI is InChI=1S/C23H18N4O2/c1-29-21-13-7-6-12-20(21)27-22(26-16-9-3-2-8-15(16)23(27)28)19-14-24-17-10-4-5-11-18(17)25-19/h2-14,22,26H,1H3/t22-/m1/s1. The smallest absolute Gasteiger partial charge is 0.262 e. The van der Waals surface area contributed by atoms with Crippen LogP contribution in [0.15, 0.2) is 79.0 Å². The Morgan fingerprint density at radius 3 is 2.52 bits per heavy atom. The Balaban J connectivity index is 1.70. The molecular weight excluding hydrogens is 364 g/mol. The number of fused-ring (bicyclic) bond motifs is 2. The first kappa shape index (κ1) is 17.2. The first-order valence-corrected chi connectivity index (χ1v) is 9.30. The second kappa shape index (κ2) is 6.91. The van der Waals surface area contributed by atoms with Gasteiger partial charge in [-0.25, -0.2) is 4.98 Å². The molecule has 1 N–H and O–H groups in total. The molecule has 1 aromatic heterocycles. The lowest BCUT2D eigenvalue weighted by Crippen LogP contribution is -2.43. The van der Waals surface area contributed by atoms with Crippen molar-refractivity contribution in [3.63, 3.8) is 0 Å². The molecule has 6 heteroatoms. The Kier molecular flexibility index (Phi) is 4.09. The maximum atomic E-state index is 13.5. The second-order valence-electron chi connectivity index (χ2n) is 6.72. The number of carbonyl (C=O) groups excluding carboxylic acids is 1. The van der Waals surface area contributed by atoms with Crippen molar-refractivity contribution in [1.29, 1.82) is 0 Å². The summed E-state index contributed by atoms with van der Waals surface area (Å²) in [6.45, 7) is 0. The van der Waals surface area contributed by atoms with Crippen LogP contribution in [0.3, 0.4) is 0 Å². The summed E-state index contributed by atoms with van der Waals surface area (Å²) in [6.07, 6.45) is 1.19. The maximum absolute atomic E-state index is 13.5. The van der Waals surface area contributed by atoms with E-state index in [1.165, 1.54) is 0 Å². The number of amides is 1. The molecule has 0 unspecified atom stereocenters. The lowest BCUT2D eigenvalue weighted by molar-refractivity contribution is 0.0973. The number of anilines is 2. The van der Waals surface area contributed by atoms with E-state index in [-0.39, 0.29) is 5.91 Å². The number of hydrogen-bond donors (Lipinski definition) is 1. The zero-order valence-electron chi connectivity index (χ0n) is 15.7. The summed E-state index contributed by atoms with van der Waals surface area (Å²) in [5, 5.41) is 3.46. The number of hydrogen-bond acceptors (Lipinski definition) is 5. The lowest BCUT2D eigenvalue weighted by atomic mass is 10.0. The minimum Gasteiger partial charge on any atom is -0.495 e. The van der Waals surface area contributed by atoms with Gasteiger partial charge in [-0.15, -0.1) is 0 Å². The van der Waals surface area contributed by atoms with Crippen molar-refractivity contribution in [3.05, 3.63) is 90.3 Å². The average Bonchev–Trinajstić information content (AvgIpc) is 2.79. The Bertz CT molecular complexity index is 1220. The molecule has 5 rings (SSSR count). The summed E-state index contributed by atoms with van der Waals surface area (Å²) in [4.78, 5) is 24.5. The Morgan fingerprint density at radius 1 is 0.931 bits per heavy atom. The topological polar surface area (TPSA) is 67.3 Å². The van der Waals surface area contributed by atoms with E-state index < -0.39 is 6.17 Å². The number of benzene rings is 3. The number of methoxy groups -OCH3 is 1. The highest BCUT2D eigenvalue weighted by molar-refractivity contribution is 6.12. The molecule has 6 nitrogen and oxygen atoms in total. The molecule has 1 aliphatic heterocycles. The van der Waals surface area contributed by atoms with Crippen LogP contribution in [0.5, 0.6) is 5.75 Å². The fraction of sp³-hybridized carbons (Fsp3) is 0.0870. The summed E-state index contributed by atoms with van der Waals surface area (Å²) < 4.78 is 5.53. The minimum atomic E-state index is -0.522. The van der Waals surface area contributed by atoms with E-state index in [4.69, 9.17) is 9.72 Å². The van der Waals surface area contributed by atoms with Crippen molar-refractivity contribution in [2.24, 2.45) is 0 Å².